The Bertz CT molecular complexity index is 855. The van der Waals surface area contributed by atoms with E-state index in [2.05, 4.69) is 51.4 Å². The Labute approximate surface area is 159 Å². The van der Waals surface area contributed by atoms with E-state index in [-0.39, 0.29) is 11.9 Å². The van der Waals surface area contributed by atoms with Gasteiger partial charge in [-0.3, -0.25) is 9.36 Å². The fourth-order valence-electron chi connectivity index (χ4n) is 2.93. The number of likely N-dealkylation sites (N-methyl/N-ethyl adjacent to an activating group) is 1. The monoisotopic (exact) mass is 363 g/mol. The van der Waals surface area contributed by atoms with Gasteiger partial charge in [0.1, 0.15) is 12.1 Å². The zero-order chi connectivity index (χ0) is 19.2. The van der Waals surface area contributed by atoms with Crippen molar-refractivity contribution in [1.29, 1.82) is 0 Å². The number of pyridine rings is 1. The maximum atomic E-state index is 12.5. The molecule has 27 heavy (non-hydrogen) atoms. The van der Waals surface area contributed by atoms with Crippen LogP contribution < -0.4 is 5.32 Å². The Morgan fingerprint density at radius 2 is 1.96 bits per heavy atom. The van der Waals surface area contributed by atoms with Gasteiger partial charge in [0.2, 0.25) is 0 Å². The molecule has 1 N–H and O–H groups in total. The van der Waals surface area contributed by atoms with Crippen LogP contribution in [0.3, 0.4) is 0 Å². The van der Waals surface area contributed by atoms with E-state index >= 15 is 0 Å². The van der Waals surface area contributed by atoms with Crippen molar-refractivity contribution in [3.05, 3.63) is 78.0 Å². The molecule has 0 bridgehead atoms. The van der Waals surface area contributed by atoms with Crippen LogP contribution in [-0.2, 0) is 6.42 Å². The lowest BCUT2D eigenvalue weighted by Crippen LogP contribution is -2.34. The third-order valence-electron chi connectivity index (χ3n) is 4.63. The van der Waals surface area contributed by atoms with Crippen molar-refractivity contribution in [3.63, 3.8) is 0 Å². The van der Waals surface area contributed by atoms with Gasteiger partial charge in [-0.1, -0.05) is 31.2 Å². The molecular formula is C21H25N5O. The highest BCUT2D eigenvalue weighted by atomic mass is 16.1. The van der Waals surface area contributed by atoms with Crippen LogP contribution in [0.5, 0.6) is 0 Å². The fourth-order valence-corrected chi connectivity index (χ4v) is 2.93. The standard InChI is InChI=1S/C21H25N5O/c1-4-16-5-7-17(8-6-16)19(25(2)3)14-24-21(27)18-9-10-20(23-13-18)26-12-11-22-15-26/h5-13,15,19H,4,14H2,1-3H3,(H,24,27). The molecule has 0 aliphatic rings. The van der Waals surface area contributed by atoms with E-state index in [1.807, 2.05) is 26.4 Å². The molecule has 3 rings (SSSR count). The molecule has 0 saturated carbocycles. The lowest BCUT2D eigenvalue weighted by atomic mass is 10.0. The third kappa shape index (κ3) is 4.60. The minimum absolute atomic E-state index is 0.109. The normalized spacial score (nSPS) is 12.1. The zero-order valence-electron chi connectivity index (χ0n) is 16.0. The van der Waals surface area contributed by atoms with Gasteiger partial charge in [-0.2, -0.15) is 0 Å². The lowest BCUT2D eigenvalue weighted by Gasteiger charge is -2.25. The van der Waals surface area contributed by atoms with E-state index in [9.17, 15) is 4.79 Å². The van der Waals surface area contributed by atoms with E-state index in [0.29, 0.717) is 12.1 Å². The Balaban J connectivity index is 1.65. The predicted molar refractivity (Wildman–Crippen MR) is 106 cm³/mol. The first-order valence-corrected chi connectivity index (χ1v) is 9.06. The SMILES string of the molecule is CCc1ccc(C(CNC(=O)c2ccc(-n3ccnc3)nc2)N(C)C)cc1. The number of aromatic nitrogens is 3. The average Bonchev–Trinajstić information content (AvgIpc) is 3.23. The Kier molecular flexibility index (Phi) is 5.98. The summed E-state index contributed by atoms with van der Waals surface area (Å²) in [5.41, 5.74) is 3.04. The highest BCUT2D eigenvalue weighted by Gasteiger charge is 2.16. The van der Waals surface area contributed by atoms with Crippen LogP contribution in [-0.4, -0.2) is 46.0 Å². The summed E-state index contributed by atoms with van der Waals surface area (Å²) in [4.78, 5) is 23.0. The number of hydrogen-bond acceptors (Lipinski definition) is 4. The van der Waals surface area contributed by atoms with Gasteiger partial charge in [0.15, 0.2) is 0 Å². The molecule has 2 aromatic heterocycles. The number of amides is 1. The second kappa shape index (κ2) is 8.60. The zero-order valence-corrected chi connectivity index (χ0v) is 16.0. The number of carbonyl (C=O) groups is 1. The van der Waals surface area contributed by atoms with E-state index in [1.165, 1.54) is 11.1 Å². The molecule has 0 radical (unpaired) electrons. The fraction of sp³-hybridized carbons (Fsp3) is 0.286. The summed E-state index contributed by atoms with van der Waals surface area (Å²) < 4.78 is 1.80. The average molecular weight is 363 g/mol. The highest BCUT2D eigenvalue weighted by Crippen LogP contribution is 2.18. The molecule has 6 heteroatoms. The molecule has 3 aromatic rings. The summed E-state index contributed by atoms with van der Waals surface area (Å²) in [5.74, 6) is 0.600. The molecule has 1 amide bonds. The smallest absolute Gasteiger partial charge is 0.252 e. The summed E-state index contributed by atoms with van der Waals surface area (Å²) in [7, 11) is 4.04. The molecule has 6 nitrogen and oxygen atoms in total. The van der Waals surface area contributed by atoms with E-state index in [0.717, 1.165) is 12.2 Å². The largest absolute Gasteiger partial charge is 0.350 e. The van der Waals surface area contributed by atoms with E-state index < -0.39 is 0 Å². The Morgan fingerprint density at radius 1 is 1.19 bits per heavy atom. The van der Waals surface area contributed by atoms with Crippen LogP contribution in [0.25, 0.3) is 5.82 Å². The second-order valence-electron chi connectivity index (χ2n) is 6.66. The number of imidazole rings is 1. The molecule has 0 aliphatic carbocycles. The summed E-state index contributed by atoms with van der Waals surface area (Å²) in [6.45, 7) is 2.67. The van der Waals surface area contributed by atoms with Gasteiger partial charge in [-0.05, 0) is 43.8 Å². The highest BCUT2D eigenvalue weighted by molar-refractivity contribution is 5.93. The van der Waals surface area contributed by atoms with Crippen LogP contribution in [0.15, 0.2) is 61.3 Å². The number of rotatable bonds is 7. The van der Waals surface area contributed by atoms with Crippen molar-refractivity contribution in [2.75, 3.05) is 20.6 Å². The first-order chi connectivity index (χ1) is 13.1. The summed E-state index contributed by atoms with van der Waals surface area (Å²) in [6.07, 6.45) is 7.79. The van der Waals surface area contributed by atoms with Crippen LogP contribution in [0, 0.1) is 0 Å². The Hall–Kier alpha value is -2.99. The lowest BCUT2D eigenvalue weighted by molar-refractivity contribution is 0.0941. The van der Waals surface area contributed by atoms with Crippen LogP contribution in [0.4, 0.5) is 0 Å². The molecular weight excluding hydrogens is 338 g/mol. The van der Waals surface area contributed by atoms with Gasteiger partial charge in [-0.25, -0.2) is 9.97 Å². The van der Waals surface area contributed by atoms with Crippen molar-refractivity contribution in [2.45, 2.75) is 19.4 Å². The quantitative estimate of drug-likeness (QED) is 0.701. The summed E-state index contributed by atoms with van der Waals surface area (Å²) >= 11 is 0. The number of nitrogens with zero attached hydrogens (tertiary/aromatic N) is 4. The van der Waals surface area contributed by atoms with Gasteiger partial charge in [0.25, 0.3) is 5.91 Å². The van der Waals surface area contributed by atoms with Gasteiger partial charge < -0.3 is 10.2 Å². The first kappa shape index (κ1) is 18.8. The molecule has 0 saturated heterocycles. The molecule has 1 atom stereocenters. The van der Waals surface area contributed by atoms with Gasteiger partial charge in [-0.15, -0.1) is 0 Å². The number of nitrogens with one attached hydrogen (secondary N) is 1. The van der Waals surface area contributed by atoms with Crippen molar-refractivity contribution >= 4 is 5.91 Å². The second-order valence-corrected chi connectivity index (χ2v) is 6.66. The number of aryl methyl sites for hydroxylation is 1. The van der Waals surface area contributed by atoms with E-state index in [1.54, 1.807) is 29.4 Å². The maximum absolute atomic E-state index is 12.5. The van der Waals surface area contributed by atoms with Crippen LogP contribution in [0.2, 0.25) is 0 Å². The van der Waals surface area contributed by atoms with Crippen LogP contribution in [0.1, 0.15) is 34.5 Å². The van der Waals surface area contributed by atoms with Crippen LogP contribution >= 0.6 is 0 Å². The van der Waals surface area contributed by atoms with Gasteiger partial charge in [0.05, 0.1) is 11.6 Å². The third-order valence-corrected chi connectivity index (χ3v) is 4.63. The van der Waals surface area contributed by atoms with E-state index in [4.69, 9.17) is 0 Å². The summed E-state index contributed by atoms with van der Waals surface area (Å²) in [6, 6.07) is 12.3. The molecule has 0 aliphatic heterocycles. The molecule has 1 unspecified atom stereocenters. The molecule has 0 fully saturated rings. The summed E-state index contributed by atoms with van der Waals surface area (Å²) in [5, 5.41) is 3.02. The molecule has 140 valence electrons. The number of hydrogen-bond donors (Lipinski definition) is 1. The van der Waals surface area contributed by atoms with Crippen molar-refractivity contribution in [3.8, 4) is 5.82 Å². The van der Waals surface area contributed by atoms with Crippen molar-refractivity contribution in [2.24, 2.45) is 0 Å². The molecule has 1 aromatic carbocycles. The minimum Gasteiger partial charge on any atom is -0.350 e. The predicted octanol–water partition coefficient (Wildman–Crippen LogP) is 2.86. The molecule has 0 spiro atoms. The minimum atomic E-state index is -0.128. The van der Waals surface area contributed by atoms with Gasteiger partial charge >= 0.3 is 0 Å². The Morgan fingerprint density at radius 3 is 2.52 bits per heavy atom. The number of benzene rings is 1. The number of carbonyl (C=O) groups excluding carboxylic acids is 1. The van der Waals surface area contributed by atoms with Gasteiger partial charge in [0, 0.05) is 25.1 Å². The first-order valence-electron chi connectivity index (χ1n) is 9.06. The molecule has 2 heterocycles. The van der Waals surface area contributed by atoms with Crippen molar-refractivity contribution < 1.29 is 4.79 Å². The topological polar surface area (TPSA) is 63.1 Å². The van der Waals surface area contributed by atoms with Crippen molar-refractivity contribution in [1.82, 2.24) is 24.8 Å². The maximum Gasteiger partial charge on any atom is 0.252 e.